The second kappa shape index (κ2) is 6.07. The van der Waals surface area contributed by atoms with E-state index >= 15 is 0 Å². The monoisotopic (exact) mass is 376 g/mol. The number of nitrogens with zero attached hydrogens (tertiary/aromatic N) is 2. The molecule has 3 aromatic rings. The molecule has 3 rings (SSSR count). The molecular formula is C15H6Cl2F4N2O. The summed E-state index contributed by atoms with van der Waals surface area (Å²) in [6.45, 7) is 0. The Hall–Kier alpha value is -2.12. The van der Waals surface area contributed by atoms with Gasteiger partial charge in [-0.15, -0.1) is 0 Å². The van der Waals surface area contributed by atoms with Gasteiger partial charge in [0.1, 0.15) is 5.75 Å². The molecule has 0 bridgehead atoms. The zero-order valence-corrected chi connectivity index (χ0v) is 13.0. The van der Waals surface area contributed by atoms with E-state index in [9.17, 15) is 17.6 Å². The van der Waals surface area contributed by atoms with Crippen molar-refractivity contribution in [1.82, 2.24) is 10.2 Å². The standard InChI is InChI=1S/C15H6Cl2F4N2O/c16-10-3-7(15(19,20)21)4-12(18)14(10)24-8-1-2-13-9(5-8)11(17)6-22-23-13/h1-6H. The maximum absolute atomic E-state index is 14.0. The third-order valence-electron chi connectivity index (χ3n) is 3.11. The third-order valence-corrected chi connectivity index (χ3v) is 3.69. The number of benzene rings is 2. The molecule has 0 radical (unpaired) electrons. The third kappa shape index (κ3) is 3.22. The van der Waals surface area contributed by atoms with Gasteiger partial charge in [0.2, 0.25) is 0 Å². The summed E-state index contributed by atoms with van der Waals surface area (Å²) in [4.78, 5) is 0. The quantitative estimate of drug-likeness (QED) is 0.523. The van der Waals surface area contributed by atoms with Gasteiger partial charge in [0.05, 0.1) is 27.3 Å². The molecule has 0 amide bonds. The summed E-state index contributed by atoms with van der Waals surface area (Å²) >= 11 is 11.7. The Morgan fingerprint density at radius 2 is 1.75 bits per heavy atom. The SMILES string of the molecule is Fc1cc(C(F)(F)F)cc(Cl)c1Oc1ccc2nncc(Cl)c2c1. The van der Waals surface area contributed by atoms with Crippen LogP contribution in [0.1, 0.15) is 5.56 Å². The number of aromatic nitrogens is 2. The minimum Gasteiger partial charge on any atom is -0.453 e. The number of hydrogen-bond donors (Lipinski definition) is 0. The Kier molecular flexibility index (Phi) is 4.23. The van der Waals surface area contributed by atoms with E-state index in [-0.39, 0.29) is 5.75 Å². The first-order chi connectivity index (χ1) is 11.3. The average Bonchev–Trinajstić information content (AvgIpc) is 2.50. The maximum Gasteiger partial charge on any atom is 0.416 e. The largest absolute Gasteiger partial charge is 0.453 e. The van der Waals surface area contributed by atoms with Crippen molar-refractivity contribution in [3.05, 3.63) is 58.0 Å². The van der Waals surface area contributed by atoms with E-state index in [0.29, 0.717) is 28.1 Å². The summed E-state index contributed by atoms with van der Waals surface area (Å²) in [5.74, 6) is -1.60. The van der Waals surface area contributed by atoms with Crippen molar-refractivity contribution in [2.24, 2.45) is 0 Å². The molecule has 24 heavy (non-hydrogen) atoms. The maximum atomic E-state index is 14.0. The minimum atomic E-state index is -4.71. The van der Waals surface area contributed by atoms with E-state index in [0.717, 1.165) is 0 Å². The Balaban J connectivity index is 2.01. The molecule has 2 aromatic carbocycles. The van der Waals surface area contributed by atoms with Crippen LogP contribution in [0.3, 0.4) is 0 Å². The predicted octanol–water partition coefficient (Wildman–Crippen LogP) is 5.89. The average molecular weight is 377 g/mol. The topological polar surface area (TPSA) is 35.0 Å². The van der Waals surface area contributed by atoms with Gasteiger partial charge < -0.3 is 4.74 Å². The summed E-state index contributed by atoms with van der Waals surface area (Å²) in [6.07, 6.45) is -3.39. The molecule has 124 valence electrons. The van der Waals surface area contributed by atoms with Crippen molar-refractivity contribution in [3.63, 3.8) is 0 Å². The molecule has 0 saturated heterocycles. The molecule has 0 fully saturated rings. The highest BCUT2D eigenvalue weighted by Gasteiger charge is 2.32. The number of hydrogen-bond acceptors (Lipinski definition) is 3. The summed E-state index contributed by atoms with van der Waals surface area (Å²) in [5, 5.41) is 7.82. The Morgan fingerprint density at radius 3 is 2.42 bits per heavy atom. The van der Waals surface area contributed by atoms with E-state index in [1.54, 1.807) is 0 Å². The molecule has 0 N–H and O–H groups in total. The van der Waals surface area contributed by atoms with Gasteiger partial charge in [-0.3, -0.25) is 0 Å². The molecule has 0 aliphatic heterocycles. The van der Waals surface area contributed by atoms with Gasteiger partial charge in [0.25, 0.3) is 0 Å². The summed E-state index contributed by atoms with van der Waals surface area (Å²) in [6, 6.07) is 5.35. The van der Waals surface area contributed by atoms with E-state index < -0.39 is 28.3 Å². The van der Waals surface area contributed by atoms with Gasteiger partial charge in [-0.1, -0.05) is 23.2 Å². The normalized spacial score (nSPS) is 11.8. The van der Waals surface area contributed by atoms with E-state index in [1.807, 2.05) is 0 Å². The molecule has 0 atom stereocenters. The van der Waals surface area contributed by atoms with E-state index in [4.69, 9.17) is 27.9 Å². The highest BCUT2D eigenvalue weighted by atomic mass is 35.5. The fourth-order valence-electron chi connectivity index (χ4n) is 2.01. The van der Waals surface area contributed by atoms with Crippen molar-refractivity contribution in [3.8, 4) is 11.5 Å². The van der Waals surface area contributed by atoms with Crippen molar-refractivity contribution >= 4 is 34.1 Å². The van der Waals surface area contributed by atoms with Crippen LogP contribution in [0.25, 0.3) is 10.9 Å². The predicted molar refractivity (Wildman–Crippen MR) is 81.0 cm³/mol. The number of ether oxygens (including phenoxy) is 1. The van der Waals surface area contributed by atoms with Crippen molar-refractivity contribution in [2.75, 3.05) is 0 Å². The first kappa shape index (κ1) is 16.7. The highest BCUT2D eigenvalue weighted by molar-refractivity contribution is 6.35. The van der Waals surface area contributed by atoms with Crippen LogP contribution in [0.5, 0.6) is 11.5 Å². The fraction of sp³-hybridized carbons (Fsp3) is 0.0667. The molecule has 1 aromatic heterocycles. The minimum absolute atomic E-state index is 0.137. The zero-order valence-electron chi connectivity index (χ0n) is 11.5. The lowest BCUT2D eigenvalue weighted by Gasteiger charge is -2.12. The van der Waals surface area contributed by atoms with Crippen LogP contribution in [0.4, 0.5) is 17.6 Å². The second-order valence-electron chi connectivity index (χ2n) is 4.74. The molecular weight excluding hydrogens is 371 g/mol. The van der Waals surface area contributed by atoms with Crippen molar-refractivity contribution in [1.29, 1.82) is 0 Å². The Bertz CT molecular complexity index is 908. The molecule has 3 nitrogen and oxygen atoms in total. The smallest absolute Gasteiger partial charge is 0.416 e. The van der Waals surface area contributed by atoms with Crippen molar-refractivity contribution in [2.45, 2.75) is 6.18 Å². The van der Waals surface area contributed by atoms with Gasteiger partial charge in [-0.25, -0.2) is 4.39 Å². The Morgan fingerprint density at radius 1 is 1.00 bits per heavy atom. The van der Waals surface area contributed by atoms with E-state index in [2.05, 4.69) is 10.2 Å². The molecule has 0 aliphatic rings. The molecule has 9 heteroatoms. The summed E-state index contributed by atoms with van der Waals surface area (Å²) < 4.78 is 57.1. The van der Waals surface area contributed by atoms with Crippen LogP contribution >= 0.6 is 23.2 Å². The number of alkyl halides is 3. The fourth-order valence-corrected chi connectivity index (χ4v) is 2.45. The molecule has 0 aliphatic carbocycles. The first-order valence-corrected chi connectivity index (χ1v) is 7.16. The lowest BCUT2D eigenvalue weighted by molar-refractivity contribution is -0.137. The van der Waals surface area contributed by atoms with Crippen molar-refractivity contribution < 1.29 is 22.3 Å². The number of halogens is 6. The number of fused-ring (bicyclic) bond motifs is 1. The van der Waals surface area contributed by atoms with Crippen LogP contribution < -0.4 is 4.74 Å². The lowest BCUT2D eigenvalue weighted by Crippen LogP contribution is -2.06. The summed E-state index contributed by atoms with van der Waals surface area (Å²) in [5.41, 5.74) is -0.719. The van der Waals surface area contributed by atoms with Crippen LogP contribution in [0.2, 0.25) is 10.0 Å². The van der Waals surface area contributed by atoms with Gasteiger partial charge in [-0.2, -0.15) is 23.4 Å². The van der Waals surface area contributed by atoms with Gasteiger partial charge in [0, 0.05) is 5.39 Å². The summed E-state index contributed by atoms with van der Waals surface area (Å²) in [7, 11) is 0. The van der Waals surface area contributed by atoms with Gasteiger partial charge >= 0.3 is 6.18 Å². The van der Waals surface area contributed by atoms with Crippen LogP contribution in [-0.4, -0.2) is 10.2 Å². The van der Waals surface area contributed by atoms with Gasteiger partial charge in [-0.05, 0) is 30.3 Å². The molecule has 0 unspecified atom stereocenters. The molecule has 1 heterocycles. The Labute approximate surface area is 142 Å². The van der Waals surface area contributed by atoms with E-state index in [1.165, 1.54) is 24.4 Å². The zero-order chi connectivity index (χ0) is 17.5. The first-order valence-electron chi connectivity index (χ1n) is 6.41. The van der Waals surface area contributed by atoms with Crippen LogP contribution in [0, 0.1) is 5.82 Å². The molecule has 0 saturated carbocycles. The van der Waals surface area contributed by atoms with Gasteiger partial charge in [0.15, 0.2) is 11.6 Å². The lowest BCUT2D eigenvalue weighted by atomic mass is 10.2. The van der Waals surface area contributed by atoms with Crippen LogP contribution in [0.15, 0.2) is 36.5 Å². The second-order valence-corrected chi connectivity index (χ2v) is 5.55. The highest BCUT2D eigenvalue weighted by Crippen LogP contribution is 2.39. The van der Waals surface area contributed by atoms with Crippen LogP contribution in [-0.2, 0) is 6.18 Å². The number of rotatable bonds is 2. The molecule has 0 spiro atoms.